The summed E-state index contributed by atoms with van der Waals surface area (Å²) in [6.45, 7) is 0. The summed E-state index contributed by atoms with van der Waals surface area (Å²) in [7, 11) is 0. The van der Waals surface area contributed by atoms with Crippen molar-refractivity contribution in [2.75, 3.05) is 11.1 Å². The maximum absolute atomic E-state index is 11.5. The van der Waals surface area contributed by atoms with E-state index in [0.29, 0.717) is 0 Å². The van der Waals surface area contributed by atoms with Gasteiger partial charge < -0.3 is 16.2 Å². The predicted molar refractivity (Wildman–Crippen MR) is 79.9 cm³/mol. The van der Waals surface area contributed by atoms with Gasteiger partial charge in [-0.1, -0.05) is 30.3 Å². The molecule has 0 aliphatic heterocycles. The molecule has 0 fully saturated rings. The van der Waals surface area contributed by atoms with Crippen LogP contribution in [0.4, 0.5) is 17.5 Å². The van der Waals surface area contributed by atoms with Gasteiger partial charge in [0.05, 0.1) is 0 Å². The predicted octanol–water partition coefficient (Wildman–Crippen LogP) is 0.858. The molecule has 0 saturated heterocycles. The molecule has 0 saturated carbocycles. The van der Waals surface area contributed by atoms with Gasteiger partial charge in [-0.25, -0.2) is 4.79 Å². The fourth-order valence-electron chi connectivity index (χ4n) is 1.88. The molecule has 0 amide bonds. The zero-order valence-electron chi connectivity index (χ0n) is 11.3. The van der Waals surface area contributed by atoms with Gasteiger partial charge in [0.1, 0.15) is 6.04 Å². The van der Waals surface area contributed by atoms with E-state index >= 15 is 0 Å². The lowest BCUT2D eigenvalue weighted by atomic mass is 10.1. The maximum Gasteiger partial charge on any atom is 0.326 e. The molecule has 0 aliphatic rings. The van der Waals surface area contributed by atoms with Crippen molar-refractivity contribution in [2.24, 2.45) is 5.18 Å². The number of carbonyl (C=O) groups is 1. The number of nitroso groups, excluding NO2 is 1. The minimum absolute atomic E-state index is 0.128. The fourth-order valence-corrected chi connectivity index (χ4v) is 1.88. The molecule has 1 aromatic carbocycles. The monoisotopic (exact) mass is 303 g/mol. The number of anilines is 2. The quantitative estimate of drug-likeness (QED) is 0.577. The smallest absolute Gasteiger partial charge is 0.326 e. The van der Waals surface area contributed by atoms with E-state index in [1.54, 1.807) is 30.3 Å². The summed E-state index contributed by atoms with van der Waals surface area (Å²) < 4.78 is 0. The van der Waals surface area contributed by atoms with Crippen molar-refractivity contribution in [3.63, 3.8) is 0 Å². The summed E-state index contributed by atoms with van der Waals surface area (Å²) in [5.74, 6) is -1.68. The SMILES string of the molecule is Nc1nc(N[C@@H](Cc2ccccc2)C(=O)O)c(N=O)c(=O)[nH]1. The average molecular weight is 303 g/mol. The van der Waals surface area contributed by atoms with Gasteiger partial charge in [-0.15, -0.1) is 4.91 Å². The summed E-state index contributed by atoms with van der Waals surface area (Å²) in [4.78, 5) is 39.5. The molecule has 1 heterocycles. The van der Waals surface area contributed by atoms with Crippen LogP contribution in [-0.2, 0) is 11.2 Å². The van der Waals surface area contributed by atoms with Crippen LogP contribution in [0.1, 0.15) is 5.56 Å². The molecular weight excluding hydrogens is 290 g/mol. The van der Waals surface area contributed by atoms with E-state index in [4.69, 9.17) is 5.73 Å². The molecule has 9 nitrogen and oxygen atoms in total. The molecule has 114 valence electrons. The van der Waals surface area contributed by atoms with E-state index in [0.717, 1.165) is 5.56 Å². The number of H-pyrrole nitrogens is 1. The first-order valence-electron chi connectivity index (χ1n) is 6.27. The van der Waals surface area contributed by atoms with Crippen molar-refractivity contribution in [1.29, 1.82) is 0 Å². The zero-order chi connectivity index (χ0) is 16.1. The molecule has 5 N–H and O–H groups in total. The third-order valence-corrected chi connectivity index (χ3v) is 2.90. The number of aromatic amines is 1. The third-order valence-electron chi connectivity index (χ3n) is 2.90. The second-order valence-electron chi connectivity index (χ2n) is 4.46. The van der Waals surface area contributed by atoms with Gasteiger partial charge in [0, 0.05) is 6.42 Å². The first-order valence-corrected chi connectivity index (χ1v) is 6.27. The first-order chi connectivity index (χ1) is 10.5. The van der Waals surface area contributed by atoms with E-state index in [2.05, 4.69) is 20.5 Å². The topological polar surface area (TPSA) is 151 Å². The molecule has 2 aromatic rings. The second kappa shape index (κ2) is 6.48. The van der Waals surface area contributed by atoms with Crippen LogP contribution >= 0.6 is 0 Å². The van der Waals surface area contributed by atoms with Gasteiger partial charge in [0.25, 0.3) is 5.56 Å². The Kier molecular flexibility index (Phi) is 4.47. The molecule has 9 heteroatoms. The van der Waals surface area contributed by atoms with Crippen LogP contribution < -0.4 is 16.6 Å². The van der Waals surface area contributed by atoms with Crippen molar-refractivity contribution in [3.05, 3.63) is 51.2 Å². The molecule has 0 aliphatic carbocycles. The highest BCUT2D eigenvalue weighted by Gasteiger charge is 2.22. The normalized spacial score (nSPS) is 11.6. The number of hydrogen-bond acceptors (Lipinski definition) is 7. The van der Waals surface area contributed by atoms with Crippen LogP contribution in [0.3, 0.4) is 0 Å². The lowest BCUT2D eigenvalue weighted by Crippen LogP contribution is -2.32. The summed E-state index contributed by atoms with van der Waals surface area (Å²) in [5, 5.41) is 14.4. The molecule has 0 radical (unpaired) electrons. The zero-order valence-corrected chi connectivity index (χ0v) is 11.3. The number of rotatable bonds is 6. The first kappa shape index (κ1) is 15.2. The number of nitrogens with two attached hydrogens (primary N) is 1. The van der Waals surface area contributed by atoms with Gasteiger partial charge in [-0.3, -0.25) is 9.78 Å². The fraction of sp³-hybridized carbons (Fsp3) is 0.154. The van der Waals surface area contributed by atoms with E-state index in [1.165, 1.54) is 0 Å². The van der Waals surface area contributed by atoms with Crippen LogP contribution in [0.25, 0.3) is 0 Å². The van der Waals surface area contributed by atoms with E-state index in [-0.39, 0.29) is 18.2 Å². The minimum atomic E-state index is -1.17. The van der Waals surface area contributed by atoms with Crippen molar-refractivity contribution >= 4 is 23.4 Å². The standard InChI is InChI=1S/C13H13N5O4/c14-13-16-10(9(18-22)11(19)17-13)15-8(12(20)21)6-7-4-2-1-3-5-7/h1-5,8H,6H2,(H,20,21)(H4,14,15,16,17,19)/t8-/m0/s1. The summed E-state index contributed by atoms with van der Waals surface area (Å²) in [5.41, 5.74) is 4.77. The molecule has 0 bridgehead atoms. The number of benzene rings is 1. The molecule has 2 rings (SSSR count). The Morgan fingerprint density at radius 2 is 2.09 bits per heavy atom. The van der Waals surface area contributed by atoms with E-state index in [1.807, 2.05) is 0 Å². The van der Waals surface area contributed by atoms with Gasteiger partial charge in [-0.05, 0) is 10.7 Å². The molecular formula is C13H13N5O4. The summed E-state index contributed by atoms with van der Waals surface area (Å²) in [6, 6.07) is 7.77. The van der Waals surface area contributed by atoms with E-state index in [9.17, 15) is 19.6 Å². The van der Waals surface area contributed by atoms with E-state index < -0.39 is 23.3 Å². The Bertz CT molecular complexity index is 744. The van der Waals surface area contributed by atoms with Gasteiger partial charge in [0.15, 0.2) is 5.82 Å². The molecule has 0 unspecified atom stereocenters. The highest BCUT2D eigenvalue weighted by Crippen LogP contribution is 2.19. The molecule has 22 heavy (non-hydrogen) atoms. The van der Waals surface area contributed by atoms with Crippen molar-refractivity contribution < 1.29 is 9.90 Å². The Labute approximate surface area is 124 Å². The number of carboxylic acid groups (broad SMARTS) is 1. The number of hydrogen-bond donors (Lipinski definition) is 4. The molecule has 0 spiro atoms. The van der Waals surface area contributed by atoms with Gasteiger partial charge in [-0.2, -0.15) is 4.98 Å². The Hall–Kier alpha value is -3.23. The van der Waals surface area contributed by atoms with Gasteiger partial charge >= 0.3 is 5.97 Å². The van der Waals surface area contributed by atoms with Crippen LogP contribution in [-0.4, -0.2) is 27.1 Å². The highest BCUT2D eigenvalue weighted by molar-refractivity contribution is 5.79. The molecule has 1 atom stereocenters. The van der Waals surface area contributed by atoms with Crippen LogP contribution in [0, 0.1) is 4.91 Å². The maximum atomic E-state index is 11.5. The lowest BCUT2D eigenvalue weighted by molar-refractivity contribution is -0.137. The Morgan fingerprint density at radius 1 is 1.41 bits per heavy atom. The largest absolute Gasteiger partial charge is 0.480 e. The Balaban J connectivity index is 2.31. The highest BCUT2D eigenvalue weighted by atomic mass is 16.4. The second-order valence-corrected chi connectivity index (χ2v) is 4.46. The summed E-state index contributed by atoms with van der Waals surface area (Å²) in [6.07, 6.45) is 0.128. The van der Waals surface area contributed by atoms with Gasteiger partial charge in [0.2, 0.25) is 11.6 Å². The van der Waals surface area contributed by atoms with Crippen LogP contribution in [0.2, 0.25) is 0 Å². The number of carboxylic acids is 1. The third kappa shape index (κ3) is 3.45. The lowest BCUT2D eigenvalue weighted by Gasteiger charge is -2.15. The van der Waals surface area contributed by atoms with Crippen LogP contribution in [0.15, 0.2) is 40.3 Å². The van der Waals surface area contributed by atoms with Crippen molar-refractivity contribution in [1.82, 2.24) is 9.97 Å². The Morgan fingerprint density at radius 3 is 2.68 bits per heavy atom. The van der Waals surface area contributed by atoms with Crippen LogP contribution in [0.5, 0.6) is 0 Å². The summed E-state index contributed by atoms with van der Waals surface area (Å²) >= 11 is 0. The van der Waals surface area contributed by atoms with Crippen molar-refractivity contribution in [2.45, 2.75) is 12.5 Å². The number of nitrogens with one attached hydrogen (secondary N) is 2. The average Bonchev–Trinajstić information content (AvgIpc) is 2.47. The number of nitrogens with zero attached hydrogens (tertiary/aromatic N) is 2. The number of aliphatic carboxylic acids is 1. The minimum Gasteiger partial charge on any atom is -0.480 e. The van der Waals surface area contributed by atoms with Crippen molar-refractivity contribution in [3.8, 4) is 0 Å². The molecule has 1 aromatic heterocycles. The number of aromatic nitrogens is 2. The number of nitrogen functional groups attached to an aromatic ring is 1.